The van der Waals surface area contributed by atoms with Crippen LogP contribution in [0.4, 0.5) is 0 Å². The molecule has 34 heavy (non-hydrogen) atoms. The van der Waals surface area contributed by atoms with Gasteiger partial charge in [-0.15, -0.1) is 0 Å². The van der Waals surface area contributed by atoms with Crippen molar-refractivity contribution in [2.24, 2.45) is 22.7 Å². The van der Waals surface area contributed by atoms with Crippen LogP contribution in [0.1, 0.15) is 80.1 Å². The second-order valence-electron chi connectivity index (χ2n) is 10.7. The van der Waals surface area contributed by atoms with E-state index in [9.17, 15) is 24.6 Å². The van der Waals surface area contributed by atoms with Gasteiger partial charge >= 0.3 is 17.9 Å². The molecule has 2 fully saturated rings. The smallest absolute Gasteiger partial charge is 0.303 e. The van der Waals surface area contributed by atoms with Gasteiger partial charge in [0.1, 0.15) is 19.3 Å². The van der Waals surface area contributed by atoms with E-state index in [4.69, 9.17) is 14.2 Å². The lowest BCUT2D eigenvalue weighted by molar-refractivity contribution is -0.218. The summed E-state index contributed by atoms with van der Waals surface area (Å²) in [5, 5.41) is 21.5. The molecule has 0 aromatic carbocycles. The zero-order chi connectivity index (χ0) is 25.7. The van der Waals surface area contributed by atoms with Crippen molar-refractivity contribution in [3.63, 3.8) is 0 Å². The first kappa shape index (κ1) is 28.3. The third kappa shape index (κ3) is 6.00. The second kappa shape index (κ2) is 11.2. The number of carbonyl (C=O) groups is 3. The lowest BCUT2D eigenvalue weighted by Crippen LogP contribution is -2.63. The molecule has 2 aliphatic rings. The van der Waals surface area contributed by atoms with Crippen molar-refractivity contribution >= 4 is 17.9 Å². The molecule has 3 unspecified atom stereocenters. The summed E-state index contributed by atoms with van der Waals surface area (Å²) in [5.41, 5.74) is -1.40. The number of fused-ring (bicyclic) bond motifs is 1. The molecule has 8 nitrogen and oxygen atoms in total. The fourth-order valence-electron chi connectivity index (χ4n) is 6.37. The molecule has 0 aromatic heterocycles. The first-order valence-electron chi connectivity index (χ1n) is 12.2. The summed E-state index contributed by atoms with van der Waals surface area (Å²) in [6.45, 7) is 10.00. The van der Waals surface area contributed by atoms with E-state index in [1.165, 1.54) is 20.8 Å². The number of esters is 3. The van der Waals surface area contributed by atoms with Crippen LogP contribution in [0.2, 0.25) is 0 Å². The number of aliphatic hydroxyl groups is 2. The number of aliphatic hydroxyl groups excluding tert-OH is 1. The van der Waals surface area contributed by atoms with Crippen LogP contribution < -0.4 is 0 Å². The molecule has 0 saturated heterocycles. The Balaban J connectivity index is 2.45. The molecule has 0 amide bonds. The van der Waals surface area contributed by atoms with Crippen LogP contribution in [0.15, 0.2) is 11.6 Å². The minimum atomic E-state index is -1.15. The minimum absolute atomic E-state index is 0.0264. The highest BCUT2D eigenvalue weighted by atomic mass is 16.6. The highest BCUT2D eigenvalue weighted by molar-refractivity contribution is 5.67. The number of hydrogen-bond acceptors (Lipinski definition) is 8. The van der Waals surface area contributed by atoms with Gasteiger partial charge in [0, 0.05) is 31.8 Å². The Morgan fingerprint density at radius 3 is 2.24 bits per heavy atom. The lowest BCUT2D eigenvalue weighted by atomic mass is 9.43. The second-order valence-corrected chi connectivity index (χ2v) is 10.7. The van der Waals surface area contributed by atoms with Gasteiger partial charge in [-0.05, 0) is 55.4 Å². The van der Waals surface area contributed by atoms with Crippen LogP contribution in [0.5, 0.6) is 0 Å². The maximum atomic E-state index is 12.1. The molecule has 6 atom stereocenters. The predicted octanol–water partition coefficient (Wildman–Crippen LogP) is 3.33. The van der Waals surface area contributed by atoms with Crippen molar-refractivity contribution in [3.8, 4) is 0 Å². The molecule has 8 heteroatoms. The van der Waals surface area contributed by atoms with E-state index in [1.807, 2.05) is 0 Å². The quantitative estimate of drug-likeness (QED) is 0.292. The molecule has 0 aromatic rings. The van der Waals surface area contributed by atoms with Gasteiger partial charge in [0.2, 0.25) is 0 Å². The van der Waals surface area contributed by atoms with Crippen molar-refractivity contribution in [1.82, 2.24) is 0 Å². The van der Waals surface area contributed by atoms with Gasteiger partial charge < -0.3 is 24.4 Å². The Bertz CT molecular complexity index is 792. The molecule has 0 heterocycles. The summed E-state index contributed by atoms with van der Waals surface area (Å²) in [5.74, 6) is -1.01. The van der Waals surface area contributed by atoms with E-state index in [1.54, 1.807) is 6.08 Å². The van der Waals surface area contributed by atoms with Crippen LogP contribution in [0.25, 0.3) is 0 Å². The maximum absolute atomic E-state index is 12.1. The van der Waals surface area contributed by atoms with Gasteiger partial charge in [0.15, 0.2) is 0 Å². The number of ether oxygens (including phenoxy) is 3. The number of hydrogen-bond donors (Lipinski definition) is 2. The predicted molar refractivity (Wildman–Crippen MR) is 126 cm³/mol. The zero-order valence-corrected chi connectivity index (χ0v) is 21.5. The third-order valence-corrected chi connectivity index (χ3v) is 8.62. The molecule has 0 bridgehead atoms. The molecule has 2 N–H and O–H groups in total. The fourth-order valence-corrected chi connectivity index (χ4v) is 6.37. The van der Waals surface area contributed by atoms with E-state index in [0.717, 1.165) is 25.7 Å². The Morgan fingerprint density at radius 2 is 1.68 bits per heavy atom. The molecule has 0 spiro atoms. The first-order chi connectivity index (χ1) is 15.8. The van der Waals surface area contributed by atoms with Gasteiger partial charge in [-0.2, -0.15) is 0 Å². The highest BCUT2D eigenvalue weighted by Crippen LogP contribution is 2.64. The average Bonchev–Trinajstić information content (AvgIpc) is 2.74. The van der Waals surface area contributed by atoms with Crippen LogP contribution in [0, 0.1) is 22.7 Å². The number of carbonyl (C=O) groups excluding carboxylic acids is 3. The summed E-state index contributed by atoms with van der Waals surface area (Å²) < 4.78 is 16.1. The van der Waals surface area contributed by atoms with Crippen LogP contribution in [0.3, 0.4) is 0 Å². The Labute approximate surface area is 203 Å². The monoisotopic (exact) mass is 482 g/mol. The van der Waals surface area contributed by atoms with Crippen molar-refractivity contribution in [2.75, 3.05) is 19.8 Å². The molecule has 2 saturated carbocycles. The summed E-state index contributed by atoms with van der Waals surface area (Å²) in [7, 11) is 0. The fraction of sp³-hybridized carbons (Fsp3) is 0.808. The summed E-state index contributed by atoms with van der Waals surface area (Å²) in [6, 6.07) is 0. The van der Waals surface area contributed by atoms with Gasteiger partial charge in [-0.25, -0.2) is 0 Å². The normalized spacial score (nSPS) is 34.5. The molecule has 0 radical (unpaired) electrons. The standard InChI is InChI=1S/C26H42O8/c1-17-9-12-25(6)23(8-7-11-26(25,31)16-27)24(17,5)14-22(34-20(4)30)21(15-33-19(3)29)10-13-32-18(2)28/h10,17,22-23,27,31H,7-9,11-16H2,1-6H3/b21-10+/t17-,22?,23?,24+,25-,26?/m1/s1. The SMILES string of the molecule is CC(=O)OC/C=C(\COC(C)=O)C(C[C@]1(C)C2CCCC(O)(CO)[C@]2(C)CC[C@H]1C)OC(C)=O. The van der Waals surface area contributed by atoms with Crippen molar-refractivity contribution in [1.29, 1.82) is 0 Å². The van der Waals surface area contributed by atoms with E-state index in [2.05, 4.69) is 20.8 Å². The van der Waals surface area contributed by atoms with Crippen LogP contribution in [-0.4, -0.2) is 59.6 Å². The van der Waals surface area contributed by atoms with Gasteiger partial charge in [0.05, 0.1) is 12.2 Å². The summed E-state index contributed by atoms with van der Waals surface area (Å²) in [6.07, 6.45) is 5.37. The van der Waals surface area contributed by atoms with Gasteiger partial charge in [-0.1, -0.05) is 27.2 Å². The molecular formula is C26H42O8. The molecule has 0 aliphatic heterocycles. The average molecular weight is 483 g/mol. The third-order valence-electron chi connectivity index (χ3n) is 8.62. The molecule has 2 aliphatic carbocycles. The zero-order valence-electron chi connectivity index (χ0n) is 21.5. The molecular weight excluding hydrogens is 440 g/mol. The van der Waals surface area contributed by atoms with Crippen LogP contribution >= 0.6 is 0 Å². The number of rotatable bonds is 9. The van der Waals surface area contributed by atoms with Gasteiger partial charge in [-0.3, -0.25) is 14.4 Å². The summed E-state index contributed by atoms with van der Waals surface area (Å²) in [4.78, 5) is 34.9. The topological polar surface area (TPSA) is 119 Å². The Morgan fingerprint density at radius 1 is 1.03 bits per heavy atom. The van der Waals surface area contributed by atoms with Gasteiger partial charge in [0.25, 0.3) is 0 Å². The lowest BCUT2D eigenvalue weighted by Gasteiger charge is -2.63. The van der Waals surface area contributed by atoms with E-state index >= 15 is 0 Å². The Hall–Kier alpha value is -1.93. The van der Waals surface area contributed by atoms with Crippen molar-refractivity contribution < 1.29 is 38.8 Å². The largest absolute Gasteiger partial charge is 0.462 e. The minimum Gasteiger partial charge on any atom is -0.462 e. The maximum Gasteiger partial charge on any atom is 0.303 e. The first-order valence-corrected chi connectivity index (χ1v) is 12.2. The molecule has 194 valence electrons. The van der Waals surface area contributed by atoms with Crippen LogP contribution in [-0.2, 0) is 28.6 Å². The molecule has 2 rings (SSSR count). The van der Waals surface area contributed by atoms with Crippen molar-refractivity contribution in [2.45, 2.75) is 91.8 Å². The van der Waals surface area contributed by atoms with Crippen molar-refractivity contribution in [3.05, 3.63) is 11.6 Å². The highest BCUT2D eigenvalue weighted by Gasteiger charge is 2.62. The Kier molecular flexibility index (Phi) is 9.33. The van der Waals surface area contributed by atoms with E-state index in [-0.39, 0.29) is 37.1 Å². The summed E-state index contributed by atoms with van der Waals surface area (Å²) >= 11 is 0. The van der Waals surface area contributed by atoms with E-state index in [0.29, 0.717) is 18.4 Å². The van der Waals surface area contributed by atoms with E-state index < -0.39 is 35.0 Å².